The van der Waals surface area contributed by atoms with E-state index in [9.17, 15) is 9.59 Å². The Labute approximate surface area is 155 Å². The van der Waals surface area contributed by atoms with E-state index in [1.54, 1.807) is 25.1 Å². The molecular formula is C19H20BrNO4. The summed E-state index contributed by atoms with van der Waals surface area (Å²) in [6.45, 7) is 5.57. The lowest BCUT2D eigenvalue weighted by Crippen LogP contribution is -2.30. The minimum Gasteiger partial charge on any atom is -0.480 e. The van der Waals surface area contributed by atoms with E-state index < -0.39 is 12.1 Å². The van der Waals surface area contributed by atoms with Crippen LogP contribution in [0.3, 0.4) is 0 Å². The highest BCUT2D eigenvalue weighted by Gasteiger charge is 2.18. The van der Waals surface area contributed by atoms with E-state index in [4.69, 9.17) is 4.74 Å². The van der Waals surface area contributed by atoms with Crippen LogP contribution in [0, 0.1) is 13.8 Å². The monoisotopic (exact) mass is 405 g/mol. The fraction of sp³-hybridized carbons (Fsp3) is 0.263. The highest BCUT2D eigenvalue weighted by Crippen LogP contribution is 2.27. The second-order valence-electron chi connectivity index (χ2n) is 5.70. The molecule has 0 fully saturated rings. The number of halogens is 1. The molecule has 5 nitrogen and oxygen atoms in total. The van der Waals surface area contributed by atoms with Crippen molar-refractivity contribution in [3.63, 3.8) is 0 Å². The molecule has 6 heteroatoms. The van der Waals surface area contributed by atoms with Gasteiger partial charge >= 0.3 is 5.97 Å². The predicted octanol–water partition coefficient (Wildman–Crippen LogP) is 4.26. The molecule has 0 radical (unpaired) electrons. The minimum absolute atomic E-state index is 0.252. The van der Waals surface area contributed by atoms with Crippen LogP contribution in [0.2, 0.25) is 0 Å². The van der Waals surface area contributed by atoms with Gasteiger partial charge in [0.25, 0.3) is 5.91 Å². The van der Waals surface area contributed by atoms with Crippen molar-refractivity contribution in [2.24, 2.45) is 0 Å². The molecule has 0 aliphatic heterocycles. The highest BCUT2D eigenvalue weighted by atomic mass is 79.9. The van der Waals surface area contributed by atoms with Crippen LogP contribution in [0.25, 0.3) is 0 Å². The Morgan fingerprint density at radius 3 is 2.48 bits per heavy atom. The summed E-state index contributed by atoms with van der Waals surface area (Å²) in [4.78, 5) is 23.9. The summed E-state index contributed by atoms with van der Waals surface area (Å²) in [5, 5.41) is 2.88. The quantitative estimate of drug-likeness (QED) is 0.754. The number of esters is 1. The van der Waals surface area contributed by atoms with Crippen molar-refractivity contribution in [2.45, 2.75) is 26.9 Å². The van der Waals surface area contributed by atoms with Gasteiger partial charge in [0, 0.05) is 5.69 Å². The molecule has 2 rings (SSSR count). The molecule has 1 amide bonds. The van der Waals surface area contributed by atoms with Gasteiger partial charge in [0.15, 0.2) is 6.10 Å². The molecule has 0 saturated heterocycles. The molecule has 132 valence electrons. The van der Waals surface area contributed by atoms with Gasteiger partial charge in [0.2, 0.25) is 0 Å². The SMILES string of the molecule is COC(=O)c1ccc(O[C@@H](C)C(=O)Nc2cc(C)ccc2C)c(Br)c1. The number of ether oxygens (including phenoxy) is 2. The second kappa shape index (κ2) is 8.16. The maximum absolute atomic E-state index is 12.4. The lowest BCUT2D eigenvalue weighted by Gasteiger charge is -2.17. The first-order valence-electron chi connectivity index (χ1n) is 7.74. The Bertz CT molecular complexity index is 804. The standard InChI is InChI=1S/C19H20BrNO4/c1-11-5-6-12(2)16(9-11)21-18(22)13(3)25-17-8-7-14(10-15(17)20)19(23)24-4/h5-10,13H,1-4H3,(H,21,22)/t13-/m0/s1. The van der Waals surface area contributed by atoms with Crippen LogP contribution in [0.4, 0.5) is 5.69 Å². The molecule has 0 heterocycles. The Hall–Kier alpha value is -2.34. The fourth-order valence-corrected chi connectivity index (χ4v) is 2.66. The van der Waals surface area contributed by atoms with Crippen molar-refractivity contribution in [3.05, 3.63) is 57.6 Å². The van der Waals surface area contributed by atoms with Crippen LogP contribution in [0.1, 0.15) is 28.4 Å². The Kier molecular flexibility index (Phi) is 6.20. The summed E-state index contributed by atoms with van der Waals surface area (Å²) < 4.78 is 11.0. The van der Waals surface area contributed by atoms with Gasteiger partial charge in [-0.05, 0) is 72.1 Å². The van der Waals surface area contributed by atoms with E-state index in [0.29, 0.717) is 15.8 Å². The number of methoxy groups -OCH3 is 1. The molecule has 0 bridgehead atoms. The van der Waals surface area contributed by atoms with Gasteiger partial charge in [-0.2, -0.15) is 0 Å². The van der Waals surface area contributed by atoms with Crippen molar-refractivity contribution in [3.8, 4) is 5.75 Å². The van der Waals surface area contributed by atoms with Gasteiger partial charge < -0.3 is 14.8 Å². The molecular weight excluding hydrogens is 386 g/mol. The Morgan fingerprint density at radius 2 is 1.84 bits per heavy atom. The zero-order valence-corrected chi connectivity index (χ0v) is 16.1. The first-order chi connectivity index (χ1) is 11.8. The van der Waals surface area contributed by atoms with E-state index in [1.165, 1.54) is 7.11 Å². The molecule has 0 aliphatic carbocycles. The number of carbonyl (C=O) groups is 2. The number of aryl methyl sites for hydroxylation is 2. The number of hydrogen-bond donors (Lipinski definition) is 1. The molecule has 1 atom stereocenters. The summed E-state index contributed by atoms with van der Waals surface area (Å²) in [6.07, 6.45) is -0.708. The fourth-order valence-electron chi connectivity index (χ4n) is 2.19. The summed E-state index contributed by atoms with van der Waals surface area (Å²) in [6, 6.07) is 10.7. The van der Waals surface area contributed by atoms with Crippen LogP contribution >= 0.6 is 15.9 Å². The maximum Gasteiger partial charge on any atom is 0.337 e. The summed E-state index contributed by atoms with van der Waals surface area (Å²) in [7, 11) is 1.32. The average molecular weight is 406 g/mol. The van der Waals surface area contributed by atoms with Gasteiger partial charge in [-0.25, -0.2) is 4.79 Å². The first-order valence-corrected chi connectivity index (χ1v) is 8.53. The van der Waals surface area contributed by atoms with Gasteiger partial charge in [-0.3, -0.25) is 4.79 Å². The molecule has 2 aromatic rings. The predicted molar refractivity (Wildman–Crippen MR) is 100 cm³/mol. The molecule has 0 aromatic heterocycles. The van der Waals surface area contributed by atoms with Crippen molar-refractivity contribution < 1.29 is 19.1 Å². The van der Waals surface area contributed by atoms with E-state index >= 15 is 0 Å². The average Bonchev–Trinajstić information content (AvgIpc) is 2.58. The number of carbonyl (C=O) groups excluding carboxylic acids is 2. The van der Waals surface area contributed by atoms with Crippen LogP contribution in [-0.2, 0) is 9.53 Å². The van der Waals surface area contributed by atoms with Crippen molar-refractivity contribution in [1.29, 1.82) is 0 Å². The van der Waals surface area contributed by atoms with Crippen LogP contribution in [0.15, 0.2) is 40.9 Å². The number of anilines is 1. The normalized spacial score (nSPS) is 11.6. The third kappa shape index (κ3) is 4.82. The molecule has 0 spiro atoms. The van der Waals surface area contributed by atoms with Crippen LogP contribution in [0.5, 0.6) is 5.75 Å². The third-order valence-corrected chi connectivity index (χ3v) is 4.30. The topological polar surface area (TPSA) is 64.6 Å². The zero-order valence-electron chi connectivity index (χ0n) is 14.6. The minimum atomic E-state index is -0.708. The number of amides is 1. The van der Waals surface area contributed by atoms with Gasteiger partial charge in [-0.1, -0.05) is 12.1 Å². The number of benzene rings is 2. The molecule has 0 aliphatic rings. The first kappa shape index (κ1) is 19.0. The van der Waals surface area contributed by atoms with E-state index in [1.807, 2.05) is 32.0 Å². The molecule has 0 saturated carbocycles. The maximum atomic E-state index is 12.4. The zero-order chi connectivity index (χ0) is 18.6. The van der Waals surface area contributed by atoms with E-state index in [-0.39, 0.29) is 5.91 Å². The second-order valence-corrected chi connectivity index (χ2v) is 6.56. The van der Waals surface area contributed by atoms with Gasteiger partial charge in [0.1, 0.15) is 5.75 Å². The number of nitrogens with one attached hydrogen (secondary N) is 1. The van der Waals surface area contributed by atoms with Crippen LogP contribution < -0.4 is 10.1 Å². The van der Waals surface area contributed by atoms with Crippen molar-refractivity contribution >= 4 is 33.5 Å². The lowest BCUT2D eigenvalue weighted by molar-refractivity contribution is -0.122. The van der Waals surface area contributed by atoms with Crippen molar-refractivity contribution in [1.82, 2.24) is 0 Å². The molecule has 2 aromatic carbocycles. The van der Waals surface area contributed by atoms with Gasteiger partial charge in [0.05, 0.1) is 17.1 Å². The summed E-state index contributed by atoms with van der Waals surface area (Å²) in [5.74, 6) is -0.220. The van der Waals surface area contributed by atoms with Crippen molar-refractivity contribution in [2.75, 3.05) is 12.4 Å². The Balaban J connectivity index is 2.08. The Morgan fingerprint density at radius 1 is 1.12 bits per heavy atom. The number of rotatable bonds is 5. The van der Waals surface area contributed by atoms with E-state index in [0.717, 1.165) is 16.8 Å². The number of hydrogen-bond acceptors (Lipinski definition) is 4. The summed E-state index contributed by atoms with van der Waals surface area (Å²) >= 11 is 3.35. The van der Waals surface area contributed by atoms with Gasteiger partial charge in [-0.15, -0.1) is 0 Å². The largest absolute Gasteiger partial charge is 0.480 e. The molecule has 0 unspecified atom stereocenters. The lowest BCUT2D eigenvalue weighted by atomic mass is 10.1. The summed E-state index contributed by atoms with van der Waals surface area (Å²) in [5.41, 5.74) is 3.21. The van der Waals surface area contributed by atoms with E-state index in [2.05, 4.69) is 26.0 Å². The highest BCUT2D eigenvalue weighted by molar-refractivity contribution is 9.10. The molecule has 25 heavy (non-hydrogen) atoms. The van der Waals surface area contributed by atoms with Crippen LogP contribution in [-0.4, -0.2) is 25.1 Å². The third-order valence-electron chi connectivity index (χ3n) is 3.68. The molecule has 1 N–H and O–H groups in total. The smallest absolute Gasteiger partial charge is 0.337 e.